The SMILES string of the molecule is Cc1nn(CC(C)C)c(C)c1S(=O)(=O)NCC(C)(C)N. The summed E-state index contributed by atoms with van der Waals surface area (Å²) in [6.45, 7) is 12.1. The van der Waals surface area contributed by atoms with Gasteiger partial charge in [0.25, 0.3) is 0 Å². The van der Waals surface area contributed by atoms with E-state index in [1.54, 1.807) is 32.4 Å². The summed E-state index contributed by atoms with van der Waals surface area (Å²) in [4.78, 5) is 0.266. The molecule has 0 fully saturated rings. The second-order valence-corrected chi connectivity index (χ2v) is 8.09. The fourth-order valence-electron chi connectivity index (χ4n) is 1.95. The third-order valence-electron chi connectivity index (χ3n) is 2.84. The first-order valence-electron chi connectivity index (χ1n) is 6.76. The zero-order valence-corrected chi connectivity index (χ0v) is 14.0. The van der Waals surface area contributed by atoms with Gasteiger partial charge in [-0.25, -0.2) is 13.1 Å². The highest BCUT2D eigenvalue weighted by atomic mass is 32.2. The number of hydrogen-bond donors (Lipinski definition) is 2. The standard InChI is InChI=1S/C13H26N4O2S/c1-9(2)7-17-11(4)12(10(3)16-17)20(18,19)15-8-13(5,6)14/h9,15H,7-8,14H2,1-6H3. The number of nitrogens with zero attached hydrogens (tertiary/aromatic N) is 2. The van der Waals surface area contributed by atoms with E-state index >= 15 is 0 Å². The summed E-state index contributed by atoms with van der Waals surface area (Å²) in [5, 5.41) is 4.33. The molecule has 20 heavy (non-hydrogen) atoms. The molecule has 1 heterocycles. The summed E-state index contributed by atoms with van der Waals surface area (Å²) in [5.74, 6) is 0.402. The van der Waals surface area contributed by atoms with Crippen molar-refractivity contribution in [3.63, 3.8) is 0 Å². The van der Waals surface area contributed by atoms with Gasteiger partial charge in [0.1, 0.15) is 4.90 Å². The lowest BCUT2D eigenvalue weighted by Gasteiger charge is -2.19. The second-order valence-electron chi connectivity index (χ2n) is 6.39. The van der Waals surface area contributed by atoms with Gasteiger partial charge in [0.15, 0.2) is 0 Å². The molecule has 116 valence electrons. The van der Waals surface area contributed by atoms with Crippen molar-refractivity contribution in [3.05, 3.63) is 11.4 Å². The highest BCUT2D eigenvalue weighted by Gasteiger charge is 2.26. The molecule has 0 saturated heterocycles. The molecule has 0 atom stereocenters. The van der Waals surface area contributed by atoms with Crippen LogP contribution in [0, 0.1) is 19.8 Å². The molecule has 0 bridgehead atoms. The minimum Gasteiger partial charge on any atom is -0.324 e. The smallest absolute Gasteiger partial charge is 0.244 e. The molecule has 0 unspecified atom stereocenters. The maximum absolute atomic E-state index is 12.4. The Kier molecular flexibility index (Phi) is 4.99. The molecular weight excluding hydrogens is 276 g/mol. The van der Waals surface area contributed by atoms with Gasteiger partial charge >= 0.3 is 0 Å². The van der Waals surface area contributed by atoms with Crippen molar-refractivity contribution in [2.75, 3.05) is 6.54 Å². The predicted octanol–water partition coefficient (Wildman–Crippen LogP) is 1.17. The molecule has 0 saturated carbocycles. The maximum Gasteiger partial charge on any atom is 0.244 e. The molecule has 7 heteroatoms. The first kappa shape index (κ1) is 17.1. The molecule has 0 aliphatic heterocycles. The van der Waals surface area contributed by atoms with E-state index in [2.05, 4.69) is 23.7 Å². The Morgan fingerprint density at radius 2 is 1.90 bits per heavy atom. The molecule has 0 spiro atoms. The topological polar surface area (TPSA) is 90.0 Å². The molecule has 0 aliphatic carbocycles. The molecule has 1 aromatic rings. The Morgan fingerprint density at radius 3 is 2.35 bits per heavy atom. The fraction of sp³-hybridized carbons (Fsp3) is 0.769. The Bertz CT molecular complexity index is 568. The summed E-state index contributed by atoms with van der Waals surface area (Å²) < 4.78 is 29.1. The lowest BCUT2D eigenvalue weighted by molar-refractivity contribution is 0.471. The number of nitrogens with one attached hydrogen (secondary N) is 1. The third-order valence-corrected chi connectivity index (χ3v) is 4.49. The van der Waals surface area contributed by atoms with E-state index in [1.165, 1.54) is 0 Å². The van der Waals surface area contributed by atoms with Crippen LogP contribution in [0.1, 0.15) is 39.1 Å². The van der Waals surface area contributed by atoms with E-state index < -0.39 is 15.6 Å². The minimum absolute atomic E-state index is 0.184. The minimum atomic E-state index is -3.58. The van der Waals surface area contributed by atoms with Gasteiger partial charge in [-0.15, -0.1) is 0 Å². The van der Waals surface area contributed by atoms with Crippen molar-refractivity contribution in [2.24, 2.45) is 11.7 Å². The number of rotatable bonds is 6. The molecule has 0 aliphatic rings. The van der Waals surface area contributed by atoms with Crippen LogP contribution < -0.4 is 10.5 Å². The Morgan fingerprint density at radius 1 is 1.35 bits per heavy atom. The number of aromatic nitrogens is 2. The molecule has 1 aromatic heterocycles. The lowest BCUT2D eigenvalue weighted by Crippen LogP contribution is -2.45. The van der Waals surface area contributed by atoms with Crippen LogP contribution in [0.25, 0.3) is 0 Å². The van der Waals surface area contributed by atoms with Crippen LogP contribution in [-0.4, -0.2) is 30.3 Å². The molecule has 3 N–H and O–H groups in total. The van der Waals surface area contributed by atoms with Gasteiger partial charge in [-0.05, 0) is 33.6 Å². The summed E-state index contributed by atoms with van der Waals surface area (Å²) in [7, 11) is -3.58. The van der Waals surface area contributed by atoms with Crippen molar-refractivity contribution < 1.29 is 8.42 Å². The molecule has 0 aromatic carbocycles. The summed E-state index contributed by atoms with van der Waals surface area (Å²) in [6.07, 6.45) is 0. The Balaban J connectivity index is 3.10. The van der Waals surface area contributed by atoms with Crippen LogP contribution in [0.2, 0.25) is 0 Å². The zero-order valence-electron chi connectivity index (χ0n) is 13.2. The van der Waals surface area contributed by atoms with E-state index in [1.807, 2.05) is 0 Å². The summed E-state index contributed by atoms with van der Waals surface area (Å²) in [6, 6.07) is 0. The summed E-state index contributed by atoms with van der Waals surface area (Å²) in [5.41, 5.74) is 6.41. The molecule has 0 radical (unpaired) electrons. The van der Waals surface area contributed by atoms with Crippen molar-refractivity contribution in [3.8, 4) is 0 Å². The van der Waals surface area contributed by atoms with Crippen LogP contribution in [0.3, 0.4) is 0 Å². The first-order chi connectivity index (χ1) is 8.94. The maximum atomic E-state index is 12.4. The zero-order chi connectivity index (χ0) is 15.7. The van der Waals surface area contributed by atoms with Crippen LogP contribution in [0.15, 0.2) is 4.90 Å². The molecule has 0 amide bonds. The van der Waals surface area contributed by atoms with Gasteiger partial charge in [-0.3, -0.25) is 4.68 Å². The van der Waals surface area contributed by atoms with E-state index in [4.69, 9.17) is 5.73 Å². The van der Waals surface area contributed by atoms with E-state index in [0.717, 1.165) is 0 Å². The quantitative estimate of drug-likeness (QED) is 0.825. The highest BCUT2D eigenvalue weighted by Crippen LogP contribution is 2.20. The monoisotopic (exact) mass is 302 g/mol. The largest absolute Gasteiger partial charge is 0.324 e. The molecular formula is C13H26N4O2S. The third kappa shape index (κ3) is 4.29. The number of aryl methyl sites for hydroxylation is 1. The summed E-state index contributed by atoms with van der Waals surface area (Å²) >= 11 is 0. The fourth-order valence-corrected chi connectivity index (χ4v) is 3.58. The van der Waals surface area contributed by atoms with Gasteiger partial charge in [-0.2, -0.15) is 5.10 Å². The van der Waals surface area contributed by atoms with Gasteiger partial charge in [0.2, 0.25) is 10.0 Å². The van der Waals surface area contributed by atoms with Crippen LogP contribution >= 0.6 is 0 Å². The second kappa shape index (κ2) is 5.83. The van der Waals surface area contributed by atoms with Gasteiger partial charge in [0, 0.05) is 18.6 Å². The van der Waals surface area contributed by atoms with E-state index in [-0.39, 0.29) is 11.4 Å². The lowest BCUT2D eigenvalue weighted by atomic mass is 10.1. The normalized spacial score (nSPS) is 13.2. The van der Waals surface area contributed by atoms with Crippen molar-refractivity contribution in [1.82, 2.24) is 14.5 Å². The van der Waals surface area contributed by atoms with Crippen LogP contribution in [-0.2, 0) is 16.6 Å². The van der Waals surface area contributed by atoms with Crippen molar-refractivity contribution >= 4 is 10.0 Å². The predicted molar refractivity (Wildman–Crippen MR) is 80.0 cm³/mol. The van der Waals surface area contributed by atoms with Crippen molar-refractivity contribution in [1.29, 1.82) is 0 Å². The van der Waals surface area contributed by atoms with Gasteiger partial charge < -0.3 is 5.73 Å². The average molecular weight is 302 g/mol. The average Bonchev–Trinajstić information content (AvgIpc) is 2.50. The van der Waals surface area contributed by atoms with E-state index in [9.17, 15) is 8.42 Å². The van der Waals surface area contributed by atoms with Gasteiger partial charge in [-0.1, -0.05) is 13.8 Å². The molecule has 1 rings (SSSR count). The number of hydrogen-bond acceptors (Lipinski definition) is 4. The highest BCUT2D eigenvalue weighted by molar-refractivity contribution is 7.89. The first-order valence-corrected chi connectivity index (χ1v) is 8.25. The van der Waals surface area contributed by atoms with E-state index in [0.29, 0.717) is 23.9 Å². The number of sulfonamides is 1. The Hall–Kier alpha value is -0.920. The van der Waals surface area contributed by atoms with Crippen LogP contribution in [0.4, 0.5) is 0 Å². The van der Waals surface area contributed by atoms with Crippen LogP contribution in [0.5, 0.6) is 0 Å². The molecule has 6 nitrogen and oxygen atoms in total. The van der Waals surface area contributed by atoms with Gasteiger partial charge in [0.05, 0.1) is 11.4 Å². The number of nitrogens with two attached hydrogens (primary N) is 1. The van der Waals surface area contributed by atoms with Crippen molar-refractivity contribution in [2.45, 2.75) is 58.5 Å². The Labute approximate surface area is 121 Å².